The molecular formula is C29H23N2O2PS+2. The van der Waals surface area contributed by atoms with E-state index in [-0.39, 0.29) is 5.41 Å². The molecule has 35 heavy (non-hydrogen) atoms. The Hall–Kier alpha value is -3.27. The molecule has 9 rings (SSSR count). The maximum absolute atomic E-state index is 6.70. The molecule has 0 N–H and O–H groups in total. The predicted octanol–water partition coefficient (Wildman–Crippen LogP) is 6.57. The number of fused-ring (bicyclic) bond motifs is 3. The first-order chi connectivity index (χ1) is 16.9. The van der Waals surface area contributed by atoms with Gasteiger partial charge < -0.3 is 0 Å². The molecule has 4 aromatic heterocycles. The minimum absolute atomic E-state index is 0.0774. The van der Waals surface area contributed by atoms with Crippen LogP contribution < -0.4 is 18.7 Å². The second-order valence-electron chi connectivity index (χ2n) is 11.1. The molecule has 6 aromatic rings. The number of pyridine rings is 2. The molecule has 0 saturated heterocycles. The van der Waals surface area contributed by atoms with Crippen molar-refractivity contribution in [3.63, 3.8) is 0 Å². The summed E-state index contributed by atoms with van der Waals surface area (Å²) in [6.45, 7) is 6.88. The van der Waals surface area contributed by atoms with E-state index in [0.717, 1.165) is 28.3 Å². The number of benzene rings is 2. The number of ether oxygens (including phenoxy) is 1. The molecule has 6 heteroatoms. The van der Waals surface area contributed by atoms with Gasteiger partial charge in [0.1, 0.15) is 0 Å². The topological polar surface area (TPSA) is 30.1 Å². The van der Waals surface area contributed by atoms with Gasteiger partial charge in [-0.25, -0.2) is 0 Å². The summed E-state index contributed by atoms with van der Waals surface area (Å²) in [5.41, 5.74) is 6.43. The van der Waals surface area contributed by atoms with Crippen LogP contribution in [0.1, 0.15) is 31.9 Å². The van der Waals surface area contributed by atoms with Crippen LogP contribution in [0.5, 0.6) is 11.6 Å². The molecule has 0 saturated carbocycles. The zero-order valence-corrected chi connectivity index (χ0v) is 21.5. The van der Waals surface area contributed by atoms with Crippen LogP contribution >= 0.6 is 18.9 Å². The Morgan fingerprint density at radius 3 is 2.71 bits per heavy atom. The number of aromatic nitrogens is 2. The molecule has 0 fully saturated rings. The van der Waals surface area contributed by atoms with Gasteiger partial charge >= 0.3 is 207 Å². The molecule has 3 aliphatic rings. The first-order valence-electron chi connectivity index (χ1n) is 12.2. The monoisotopic (exact) mass is 494 g/mol. The molecule has 0 aliphatic carbocycles. The second kappa shape index (κ2) is 5.75. The van der Waals surface area contributed by atoms with Crippen LogP contribution in [0, 0.1) is 0 Å². The zero-order chi connectivity index (χ0) is 23.3. The van der Waals surface area contributed by atoms with Gasteiger partial charge in [0.25, 0.3) is 0 Å². The van der Waals surface area contributed by atoms with E-state index in [4.69, 9.17) is 9.15 Å². The average molecular weight is 495 g/mol. The third kappa shape index (κ3) is 2.03. The molecule has 0 unspecified atom stereocenters. The molecule has 2 bridgehead atoms. The molecule has 3 aliphatic heterocycles. The van der Waals surface area contributed by atoms with E-state index in [1.54, 1.807) is 11.3 Å². The molecule has 0 atom stereocenters. The summed E-state index contributed by atoms with van der Waals surface area (Å²) in [5, 5.41) is 5.40. The summed E-state index contributed by atoms with van der Waals surface area (Å²) in [6, 6.07) is 20.0. The van der Waals surface area contributed by atoms with Crippen molar-refractivity contribution in [1.29, 1.82) is 0 Å². The summed E-state index contributed by atoms with van der Waals surface area (Å²) in [6.07, 6.45) is 5.56. The van der Waals surface area contributed by atoms with E-state index in [1.165, 1.54) is 48.5 Å². The van der Waals surface area contributed by atoms with Crippen molar-refractivity contribution in [3.05, 3.63) is 78.1 Å². The van der Waals surface area contributed by atoms with Crippen LogP contribution in [0.3, 0.4) is 0 Å². The summed E-state index contributed by atoms with van der Waals surface area (Å²) in [5.74, 6) is 1.89. The van der Waals surface area contributed by atoms with Gasteiger partial charge in [-0.1, -0.05) is 0 Å². The average Bonchev–Trinajstić information content (AvgIpc) is 3.39. The minimum atomic E-state index is -2.61. The van der Waals surface area contributed by atoms with Crippen LogP contribution in [-0.2, 0) is 11.6 Å². The summed E-state index contributed by atoms with van der Waals surface area (Å²) < 4.78 is 19.6. The van der Waals surface area contributed by atoms with Gasteiger partial charge in [-0.15, -0.1) is 0 Å². The van der Waals surface area contributed by atoms with Crippen LogP contribution in [-0.4, -0.2) is 0 Å². The fraction of sp³-hybridized carbons (Fsp3) is 0.172. The molecule has 2 aromatic carbocycles. The fourth-order valence-corrected chi connectivity index (χ4v) is 12.9. The summed E-state index contributed by atoms with van der Waals surface area (Å²) >= 11 is 1.76. The first-order valence-corrected chi connectivity index (χ1v) is 15.1. The predicted molar refractivity (Wildman–Crippen MR) is 143 cm³/mol. The van der Waals surface area contributed by atoms with Crippen molar-refractivity contribution in [2.24, 2.45) is 0 Å². The Morgan fingerprint density at radius 2 is 1.83 bits per heavy atom. The van der Waals surface area contributed by atoms with Crippen molar-refractivity contribution in [3.8, 4) is 22.9 Å². The third-order valence-corrected chi connectivity index (χ3v) is 13.8. The molecular weight excluding hydrogens is 471 g/mol. The van der Waals surface area contributed by atoms with Gasteiger partial charge in [0.2, 0.25) is 0 Å². The quantitative estimate of drug-likeness (QED) is 0.224. The number of thiophene rings is 1. The zero-order valence-electron chi connectivity index (χ0n) is 19.7. The number of hydrogen-bond acceptors (Lipinski definition) is 3. The normalized spacial score (nSPS) is 17.1. The van der Waals surface area contributed by atoms with Gasteiger partial charge in [-0.3, -0.25) is 0 Å². The van der Waals surface area contributed by atoms with Crippen LogP contribution in [0.2, 0.25) is 0 Å². The van der Waals surface area contributed by atoms with Gasteiger partial charge in [0.15, 0.2) is 0 Å². The number of hydrogen-bond donors (Lipinski definition) is 0. The van der Waals surface area contributed by atoms with Crippen LogP contribution in [0.15, 0.2) is 71.4 Å². The number of nitrogens with zero attached hydrogens (tertiary/aromatic N) is 2. The van der Waals surface area contributed by atoms with Crippen molar-refractivity contribution in [2.45, 2.75) is 32.3 Å². The van der Waals surface area contributed by atoms with Crippen molar-refractivity contribution in [2.75, 3.05) is 0 Å². The number of furan rings is 1. The van der Waals surface area contributed by atoms with Gasteiger partial charge in [-0.05, 0) is 0 Å². The Kier molecular flexibility index (Phi) is 3.12. The van der Waals surface area contributed by atoms with Crippen molar-refractivity contribution in [1.82, 2.24) is 0 Å². The molecule has 0 amide bonds. The summed E-state index contributed by atoms with van der Waals surface area (Å²) in [7, 11) is -2.61. The summed E-state index contributed by atoms with van der Waals surface area (Å²) in [4.78, 5) is 1.03. The Balaban J connectivity index is 1.59. The van der Waals surface area contributed by atoms with E-state index >= 15 is 0 Å². The maximum atomic E-state index is 6.70. The second-order valence-corrected chi connectivity index (χ2v) is 15.5. The van der Waals surface area contributed by atoms with Crippen molar-refractivity contribution >= 4 is 55.5 Å². The standard InChI is InChI=1S/C29H23N2O2PS/c1-29(2,3)16-11-13-30-19(14-16)17-7-8-21-25-26-24-18-15-34(30,27(17)25)31-12-5-4-6-23(31)32-20(18)9-10-22(24)35-28(26)33-21/h4-14,34H,15H2,1-3H3/q+2. The Bertz CT molecular complexity index is 1960. The Morgan fingerprint density at radius 1 is 0.914 bits per heavy atom. The van der Waals surface area contributed by atoms with E-state index in [2.05, 4.69) is 96.4 Å². The van der Waals surface area contributed by atoms with Gasteiger partial charge in [0.05, 0.1) is 0 Å². The number of rotatable bonds is 0. The fourth-order valence-electron chi connectivity index (χ4n) is 6.72. The van der Waals surface area contributed by atoms with E-state index < -0.39 is 7.56 Å². The van der Waals surface area contributed by atoms with Gasteiger partial charge in [-0.2, -0.15) is 0 Å². The van der Waals surface area contributed by atoms with Crippen LogP contribution in [0.25, 0.3) is 42.6 Å². The first kappa shape index (κ1) is 19.0. The van der Waals surface area contributed by atoms with E-state index in [0.29, 0.717) is 0 Å². The van der Waals surface area contributed by atoms with Crippen molar-refractivity contribution < 1.29 is 17.8 Å². The third-order valence-electron chi connectivity index (χ3n) is 8.26. The van der Waals surface area contributed by atoms with E-state index in [9.17, 15) is 0 Å². The van der Waals surface area contributed by atoms with Crippen LogP contribution in [0.4, 0.5) is 0 Å². The molecule has 0 radical (unpaired) electrons. The molecule has 1 spiro atoms. The Labute approximate surface area is 206 Å². The molecule has 7 heterocycles. The SMILES string of the molecule is CC(C)(C)c1cc[n+]2c(c1)-c1ccc3oc4sc5ccc6c7c5c4c3c1[PH]2(C7)[n+]1ccccc1O6. The molecule has 4 nitrogen and oxygen atoms in total. The van der Waals surface area contributed by atoms with E-state index in [1.807, 2.05) is 0 Å². The van der Waals surface area contributed by atoms with Gasteiger partial charge in [0, 0.05) is 0 Å². The molecule has 170 valence electrons.